The van der Waals surface area contributed by atoms with E-state index in [0.29, 0.717) is 38.1 Å². The van der Waals surface area contributed by atoms with Gasteiger partial charge in [-0.1, -0.05) is 31.5 Å². The topological polar surface area (TPSA) is 133 Å². The van der Waals surface area contributed by atoms with Crippen LogP contribution in [0, 0.1) is 18.8 Å². The number of sulfonamides is 1. The van der Waals surface area contributed by atoms with Gasteiger partial charge in [0.1, 0.15) is 12.1 Å². The second-order valence-electron chi connectivity index (χ2n) is 8.94. The Morgan fingerprint density at radius 3 is 2.24 bits per heavy atom. The summed E-state index contributed by atoms with van der Waals surface area (Å²) in [5.74, 6) is -1.74. The molecule has 1 aromatic rings. The van der Waals surface area contributed by atoms with Crippen molar-refractivity contribution in [3.8, 4) is 0 Å². The van der Waals surface area contributed by atoms with Gasteiger partial charge in [0.25, 0.3) is 0 Å². The Kier molecular flexibility index (Phi) is 10.4. The SMILES string of the molecule is CSCC[C@@H](NC(=O)C1CCN(C(=O)[C@@H](NS(=O)(=O)c2ccc(C)cc2)C(C)C)CC1)C(=O)O. The Morgan fingerprint density at radius 2 is 1.74 bits per heavy atom. The number of carbonyl (C=O) groups excluding carboxylic acids is 2. The van der Waals surface area contributed by atoms with Gasteiger partial charge in [-0.05, 0) is 56.2 Å². The summed E-state index contributed by atoms with van der Waals surface area (Å²) in [4.78, 5) is 38.9. The van der Waals surface area contributed by atoms with Gasteiger partial charge in [-0.15, -0.1) is 0 Å². The van der Waals surface area contributed by atoms with Crippen molar-refractivity contribution >= 4 is 39.6 Å². The van der Waals surface area contributed by atoms with Gasteiger partial charge in [-0.2, -0.15) is 16.5 Å². The zero-order valence-corrected chi connectivity index (χ0v) is 21.7. The number of hydrogen-bond donors (Lipinski definition) is 3. The number of likely N-dealkylation sites (tertiary alicyclic amines) is 1. The molecule has 11 heteroatoms. The molecule has 0 spiro atoms. The minimum atomic E-state index is -3.88. The monoisotopic (exact) mass is 513 g/mol. The van der Waals surface area contributed by atoms with Gasteiger partial charge in [0.05, 0.1) is 4.90 Å². The molecule has 0 saturated carbocycles. The molecule has 1 aromatic carbocycles. The van der Waals surface area contributed by atoms with Crippen LogP contribution in [0.25, 0.3) is 0 Å². The van der Waals surface area contributed by atoms with Crippen molar-refractivity contribution in [2.24, 2.45) is 11.8 Å². The van der Waals surface area contributed by atoms with Crippen LogP contribution >= 0.6 is 11.8 Å². The summed E-state index contributed by atoms with van der Waals surface area (Å²) in [5.41, 5.74) is 0.932. The Bertz CT molecular complexity index is 957. The molecule has 0 bridgehead atoms. The lowest BCUT2D eigenvalue weighted by Gasteiger charge is -2.35. The molecule has 0 aliphatic carbocycles. The number of piperidine rings is 1. The van der Waals surface area contributed by atoms with Crippen molar-refractivity contribution in [1.82, 2.24) is 14.9 Å². The maximum atomic E-state index is 13.2. The summed E-state index contributed by atoms with van der Waals surface area (Å²) in [6.07, 6.45) is 3.00. The Morgan fingerprint density at radius 1 is 1.15 bits per heavy atom. The third-order valence-electron chi connectivity index (χ3n) is 5.95. The number of aliphatic carboxylic acids is 1. The number of benzene rings is 1. The highest BCUT2D eigenvalue weighted by Gasteiger charge is 2.35. The number of rotatable bonds is 11. The van der Waals surface area contributed by atoms with Gasteiger partial charge in [-0.25, -0.2) is 13.2 Å². The fourth-order valence-corrected chi connectivity index (χ4v) is 5.57. The van der Waals surface area contributed by atoms with Crippen LogP contribution in [-0.2, 0) is 24.4 Å². The minimum absolute atomic E-state index is 0.0985. The van der Waals surface area contributed by atoms with Crippen LogP contribution in [0.2, 0.25) is 0 Å². The highest BCUT2D eigenvalue weighted by molar-refractivity contribution is 7.98. The van der Waals surface area contributed by atoms with Gasteiger partial charge >= 0.3 is 5.97 Å². The summed E-state index contributed by atoms with van der Waals surface area (Å²) >= 11 is 1.51. The molecule has 1 aliphatic rings. The molecule has 190 valence electrons. The van der Waals surface area contributed by atoms with Gasteiger partial charge in [0, 0.05) is 19.0 Å². The fraction of sp³-hybridized carbons (Fsp3) is 0.609. The van der Waals surface area contributed by atoms with E-state index in [-0.39, 0.29) is 28.5 Å². The Labute approximate surface area is 206 Å². The number of hydrogen-bond acceptors (Lipinski definition) is 6. The van der Waals surface area contributed by atoms with Crippen LogP contribution in [0.5, 0.6) is 0 Å². The highest BCUT2D eigenvalue weighted by Crippen LogP contribution is 2.21. The maximum Gasteiger partial charge on any atom is 0.326 e. The molecule has 1 heterocycles. The number of amides is 2. The third-order valence-corrected chi connectivity index (χ3v) is 8.05. The van der Waals surface area contributed by atoms with Crippen molar-refractivity contribution in [3.63, 3.8) is 0 Å². The van der Waals surface area contributed by atoms with E-state index < -0.39 is 28.1 Å². The number of thioether (sulfide) groups is 1. The van der Waals surface area contributed by atoms with Gasteiger partial charge in [0.15, 0.2) is 0 Å². The van der Waals surface area contributed by atoms with E-state index in [1.165, 1.54) is 23.9 Å². The second-order valence-corrected chi connectivity index (χ2v) is 11.6. The van der Waals surface area contributed by atoms with Crippen LogP contribution in [0.15, 0.2) is 29.2 Å². The zero-order chi connectivity index (χ0) is 25.5. The van der Waals surface area contributed by atoms with Gasteiger partial charge < -0.3 is 15.3 Å². The maximum absolute atomic E-state index is 13.2. The smallest absolute Gasteiger partial charge is 0.326 e. The number of carboxylic acids is 1. The predicted molar refractivity (Wildman–Crippen MR) is 132 cm³/mol. The van der Waals surface area contributed by atoms with Crippen molar-refractivity contribution in [3.05, 3.63) is 29.8 Å². The van der Waals surface area contributed by atoms with Gasteiger partial charge in [0.2, 0.25) is 21.8 Å². The molecule has 3 N–H and O–H groups in total. The average Bonchev–Trinajstić information content (AvgIpc) is 2.79. The third kappa shape index (κ3) is 7.71. The molecule has 2 amide bonds. The predicted octanol–water partition coefficient (Wildman–Crippen LogP) is 1.86. The summed E-state index contributed by atoms with van der Waals surface area (Å²) in [5, 5.41) is 11.9. The first-order valence-corrected chi connectivity index (χ1v) is 14.2. The molecule has 2 rings (SSSR count). The number of carbonyl (C=O) groups is 3. The van der Waals surface area contributed by atoms with E-state index in [9.17, 15) is 27.9 Å². The van der Waals surface area contributed by atoms with Crippen molar-refractivity contribution in [2.75, 3.05) is 25.1 Å². The molecule has 0 radical (unpaired) electrons. The lowest BCUT2D eigenvalue weighted by atomic mass is 9.94. The molecule has 0 aromatic heterocycles. The molecule has 1 saturated heterocycles. The number of nitrogens with one attached hydrogen (secondary N) is 2. The molecule has 1 aliphatic heterocycles. The van der Waals surface area contributed by atoms with E-state index in [1.54, 1.807) is 30.9 Å². The second kappa shape index (κ2) is 12.6. The molecular weight excluding hydrogens is 478 g/mol. The molecule has 34 heavy (non-hydrogen) atoms. The van der Waals surface area contributed by atoms with E-state index in [0.717, 1.165) is 5.56 Å². The minimum Gasteiger partial charge on any atom is -0.480 e. The average molecular weight is 514 g/mol. The summed E-state index contributed by atoms with van der Waals surface area (Å²) in [6.45, 7) is 6.02. The van der Waals surface area contributed by atoms with Crippen LogP contribution in [-0.4, -0.2) is 73.4 Å². The van der Waals surface area contributed by atoms with Gasteiger partial charge in [-0.3, -0.25) is 9.59 Å². The normalized spacial score (nSPS) is 16.8. The van der Waals surface area contributed by atoms with E-state index in [4.69, 9.17) is 0 Å². The lowest BCUT2D eigenvalue weighted by Crippen LogP contribution is -2.54. The molecule has 0 unspecified atom stereocenters. The van der Waals surface area contributed by atoms with E-state index >= 15 is 0 Å². The molecule has 2 atom stereocenters. The quantitative estimate of drug-likeness (QED) is 0.411. The first kappa shape index (κ1) is 28.1. The number of carboxylic acid groups (broad SMARTS) is 1. The summed E-state index contributed by atoms with van der Waals surface area (Å²) in [7, 11) is -3.88. The first-order valence-electron chi connectivity index (χ1n) is 11.4. The van der Waals surface area contributed by atoms with Crippen molar-refractivity contribution in [1.29, 1.82) is 0 Å². The largest absolute Gasteiger partial charge is 0.480 e. The fourth-order valence-electron chi connectivity index (χ4n) is 3.77. The van der Waals surface area contributed by atoms with Crippen molar-refractivity contribution < 1.29 is 27.9 Å². The summed E-state index contributed by atoms with van der Waals surface area (Å²) in [6, 6.07) is 4.56. The van der Waals surface area contributed by atoms with Crippen LogP contribution in [0.3, 0.4) is 0 Å². The number of nitrogens with zero attached hydrogens (tertiary/aromatic N) is 1. The molecule has 9 nitrogen and oxygen atoms in total. The number of aryl methyl sites for hydroxylation is 1. The molecule has 1 fully saturated rings. The lowest BCUT2D eigenvalue weighted by molar-refractivity contribution is -0.143. The standard InChI is InChI=1S/C23H35N3O6S2/c1-15(2)20(25-34(31,32)18-7-5-16(3)6-8-18)22(28)26-12-9-17(10-13-26)21(27)24-19(23(29)30)11-14-33-4/h5-8,15,17,19-20,25H,9-14H2,1-4H3,(H,24,27)(H,29,30)/t19-,20+/m1/s1. The van der Waals surface area contributed by atoms with E-state index in [2.05, 4.69) is 10.0 Å². The first-order chi connectivity index (χ1) is 16.0. The van der Waals surface area contributed by atoms with Crippen LogP contribution < -0.4 is 10.0 Å². The molecular formula is C23H35N3O6S2. The van der Waals surface area contributed by atoms with Crippen LogP contribution in [0.4, 0.5) is 0 Å². The van der Waals surface area contributed by atoms with Crippen molar-refractivity contribution in [2.45, 2.75) is 57.0 Å². The summed E-state index contributed by atoms with van der Waals surface area (Å²) < 4.78 is 28.2. The van der Waals surface area contributed by atoms with E-state index in [1.807, 2.05) is 13.2 Å². The highest BCUT2D eigenvalue weighted by atomic mass is 32.2. The Balaban J connectivity index is 1.99. The zero-order valence-electron chi connectivity index (χ0n) is 20.1. The van der Waals surface area contributed by atoms with Crippen LogP contribution in [0.1, 0.15) is 38.7 Å². The Hall–Kier alpha value is -2.11.